The van der Waals surface area contributed by atoms with Crippen LogP contribution in [-0.4, -0.2) is 11.2 Å². The predicted octanol–water partition coefficient (Wildman–Crippen LogP) is 5.63. The van der Waals surface area contributed by atoms with Crippen molar-refractivity contribution in [3.63, 3.8) is 0 Å². The van der Waals surface area contributed by atoms with Gasteiger partial charge < -0.3 is 14.0 Å². The molecule has 0 radical (unpaired) electrons. The fourth-order valence-electron chi connectivity index (χ4n) is 3.34. The number of hydrogen-bond donors (Lipinski definition) is 0. The molecule has 0 amide bonds. The summed E-state index contributed by atoms with van der Waals surface area (Å²) >= 11 is 0. The maximum atomic E-state index is 6.32. The highest BCUT2D eigenvalue weighted by Gasteiger charge is 2.19. The molecular formula is C25H21NO2. The molecule has 0 aliphatic carbocycles. The molecule has 0 atom stereocenters. The maximum absolute atomic E-state index is 6.32. The molecule has 0 bridgehead atoms. The molecule has 1 aromatic heterocycles. The van der Waals surface area contributed by atoms with Crippen LogP contribution < -0.4 is 4.74 Å². The first-order valence-corrected chi connectivity index (χ1v) is 9.25. The number of para-hydroxylation sites is 2. The van der Waals surface area contributed by atoms with Gasteiger partial charge in [0.25, 0.3) is 0 Å². The van der Waals surface area contributed by atoms with Gasteiger partial charge in [-0.15, -0.1) is 6.42 Å². The van der Waals surface area contributed by atoms with E-state index in [1.54, 1.807) is 0 Å². The molecule has 28 heavy (non-hydrogen) atoms. The minimum atomic E-state index is 0.262. The van der Waals surface area contributed by atoms with E-state index in [2.05, 4.69) is 46.9 Å². The molecule has 4 rings (SSSR count). The molecule has 4 aromatic rings. The highest BCUT2D eigenvalue weighted by molar-refractivity contribution is 5.89. The lowest BCUT2D eigenvalue weighted by molar-refractivity contribution is 0.146. The maximum Gasteiger partial charge on any atom is 0.158 e. The third kappa shape index (κ3) is 3.78. The molecule has 0 unspecified atom stereocenters. The average Bonchev–Trinajstić information content (AvgIpc) is 3.03. The molecule has 0 aliphatic heterocycles. The van der Waals surface area contributed by atoms with Gasteiger partial charge >= 0.3 is 0 Å². The lowest BCUT2D eigenvalue weighted by Crippen LogP contribution is -2.07. The van der Waals surface area contributed by atoms with Crippen molar-refractivity contribution in [2.24, 2.45) is 0 Å². The normalized spacial score (nSPS) is 10.7. The van der Waals surface area contributed by atoms with Crippen molar-refractivity contribution >= 4 is 10.9 Å². The number of terminal acetylenes is 1. The second kappa shape index (κ2) is 8.47. The molecule has 0 saturated carbocycles. The van der Waals surface area contributed by atoms with Crippen LogP contribution in [0.5, 0.6) is 11.5 Å². The summed E-state index contributed by atoms with van der Waals surface area (Å²) in [4.78, 5) is 0. The van der Waals surface area contributed by atoms with E-state index in [4.69, 9.17) is 15.9 Å². The first-order valence-electron chi connectivity index (χ1n) is 9.25. The van der Waals surface area contributed by atoms with Crippen LogP contribution >= 0.6 is 0 Å². The van der Waals surface area contributed by atoms with Gasteiger partial charge in [0.2, 0.25) is 0 Å². The van der Waals surface area contributed by atoms with E-state index >= 15 is 0 Å². The Hall–Kier alpha value is -3.48. The molecule has 0 aliphatic rings. The Morgan fingerprint density at radius 3 is 2.25 bits per heavy atom. The first-order chi connectivity index (χ1) is 13.9. The van der Waals surface area contributed by atoms with Gasteiger partial charge in [0.1, 0.15) is 12.4 Å². The second-order valence-electron chi connectivity index (χ2n) is 6.48. The molecular weight excluding hydrogens is 346 g/mol. The molecule has 0 N–H and O–H groups in total. The quantitative estimate of drug-likeness (QED) is 0.312. The molecule has 1 heterocycles. The van der Waals surface area contributed by atoms with Gasteiger partial charge in [-0.2, -0.15) is 0 Å². The summed E-state index contributed by atoms with van der Waals surface area (Å²) in [5, 5.41) is 1.06. The monoisotopic (exact) mass is 367 g/mol. The van der Waals surface area contributed by atoms with Gasteiger partial charge in [-0.05, 0) is 29.8 Å². The van der Waals surface area contributed by atoms with Gasteiger partial charge in [0.05, 0.1) is 17.8 Å². The molecule has 3 aromatic carbocycles. The van der Waals surface area contributed by atoms with Crippen molar-refractivity contribution in [1.82, 2.24) is 4.57 Å². The zero-order valence-electron chi connectivity index (χ0n) is 15.5. The van der Waals surface area contributed by atoms with E-state index in [0.717, 1.165) is 34.6 Å². The Morgan fingerprint density at radius 1 is 0.821 bits per heavy atom. The van der Waals surface area contributed by atoms with Gasteiger partial charge in [-0.25, -0.2) is 0 Å². The van der Waals surface area contributed by atoms with Gasteiger partial charge in [0, 0.05) is 11.9 Å². The highest BCUT2D eigenvalue weighted by Crippen LogP contribution is 2.37. The standard InChI is InChI=1S/C25H21NO2/c1-2-17-27-19-24-25(28-21-13-7-4-8-14-21)22-15-9-10-16-23(22)26(24)18-20-11-5-3-6-12-20/h1,3-16H,17-19H2. The van der Waals surface area contributed by atoms with Crippen molar-refractivity contribution < 1.29 is 9.47 Å². The van der Waals surface area contributed by atoms with E-state index < -0.39 is 0 Å². The number of ether oxygens (including phenoxy) is 2. The van der Waals surface area contributed by atoms with E-state index in [1.165, 1.54) is 5.56 Å². The highest BCUT2D eigenvalue weighted by atomic mass is 16.5. The summed E-state index contributed by atoms with van der Waals surface area (Å²) in [6, 6.07) is 28.5. The van der Waals surface area contributed by atoms with Crippen molar-refractivity contribution in [3.8, 4) is 23.8 Å². The van der Waals surface area contributed by atoms with E-state index in [1.807, 2.05) is 48.5 Å². The van der Waals surface area contributed by atoms with Gasteiger partial charge in [0.15, 0.2) is 5.75 Å². The van der Waals surface area contributed by atoms with Crippen LogP contribution in [0.1, 0.15) is 11.3 Å². The first kappa shape index (κ1) is 17.9. The summed E-state index contributed by atoms with van der Waals surface area (Å²) in [5.41, 5.74) is 3.30. The van der Waals surface area contributed by atoms with Gasteiger partial charge in [-0.3, -0.25) is 0 Å². The SMILES string of the molecule is C#CCOCc1c(Oc2ccccc2)c2ccccc2n1Cc1ccccc1. The zero-order chi connectivity index (χ0) is 19.2. The van der Waals surface area contributed by atoms with Crippen LogP contribution in [0.2, 0.25) is 0 Å². The Labute approximate surface area is 165 Å². The smallest absolute Gasteiger partial charge is 0.158 e. The lowest BCUT2D eigenvalue weighted by atomic mass is 10.2. The van der Waals surface area contributed by atoms with Crippen LogP contribution in [0, 0.1) is 12.3 Å². The molecule has 0 saturated heterocycles. The second-order valence-corrected chi connectivity index (χ2v) is 6.48. The summed E-state index contributed by atoms with van der Waals surface area (Å²) < 4.78 is 14.3. The summed E-state index contributed by atoms with van der Waals surface area (Å²) in [5.74, 6) is 4.15. The largest absolute Gasteiger partial charge is 0.455 e. The van der Waals surface area contributed by atoms with E-state index in [0.29, 0.717) is 6.61 Å². The van der Waals surface area contributed by atoms with Crippen molar-refractivity contribution in [1.29, 1.82) is 0 Å². The fraction of sp³-hybridized carbons (Fsp3) is 0.120. The van der Waals surface area contributed by atoms with E-state index in [9.17, 15) is 0 Å². The molecule has 0 spiro atoms. The van der Waals surface area contributed by atoms with Crippen LogP contribution in [0.4, 0.5) is 0 Å². The van der Waals surface area contributed by atoms with Crippen LogP contribution in [0.15, 0.2) is 84.9 Å². The number of rotatable bonds is 7. The third-order valence-corrected chi connectivity index (χ3v) is 4.60. The Bertz CT molecular complexity index is 1010. The summed E-state index contributed by atoms with van der Waals surface area (Å²) in [6.45, 7) is 1.37. The fourth-order valence-corrected chi connectivity index (χ4v) is 3.34. The average molecular weight is 367 g/mol. The van der Waals surface area contributed by atoms with Crippen molar-refractivity contribution in [3.05, 3.63) is 96.2 Å². The zero-order valence-corrected chi connectivity index (χ0v) is 15.5. The predicted molar refractivity (Wildman–Crippen MR) is 112 cm³/mol. The topological polar surface area (TPSA) is 23.4 Å². The minimum absolute atomic E-state index is 0.262. The summed E-state index contributed by atoms with van der Waals surface area (Å²) in [7, 11) is 0. The van der Waals surface area contributed by atoms with E-state index in [-0.39, 0.29) is 6.61 Å². The van der Waals surface area contributed by atoms with Gasteiger partial charge in [-0.1, -0.05) is 66.6 Å². The van der Waals surface area contributed by atoms with Crippen LogP contribution in [0.25, 0.3) is 10.9 Å². The minimum Gasteiger partial charge on any atom is -0.455 e. The molecule has 0 fully saturated rings. The number of fused-ring (bicyclic) bond motifs is 1. The third-order valence-electron chi connectivity index (χ3n) is 4.60. The van der Waals surface area contributed by atoms with Crippen molar-refractivity contribution in [2.45, 2.75) is 13.2 Å². The Balaban J connectivity index is 1.83. The van der Waals surface area contributed by atoms with Crippen LogP contribution in [-0.2, 0) is 17.9 Å². The number of nitrogens with zero attached hydrogens (tertiary/aromatic N) is 1. The molecule has 3 heteroatoms. The molecule has 3 nitrogen and oxygen atoms in total. The Morgan fingerprint density at radius 2 is 1.50 bits per heavy atom. The van der Waals surface area contributed by atoms with Crippen LogP contribution in [0.3, 0.4) is 0 Å². The number of benzene rings is 3. The number of aromatic nitrogens is 1. The Kier molecular flexibility index (Phi) is 5.42. The lowest BCUT2D eigenvalue weighted by Gasteiger charge is -2.13. The summed E-state index contributed by atoms with van der Waals surface area (Å²) in [6.07, 6.45) is 5.38. The number of hydrogen-bond acceptors (Lipinski definition) is 2. The molecule has 138 valence electrons. The van der Waals surface area contributed by atoms with Crippen molar-refractivity contribution in [2.75, 3.05) is 6.61 Å².